The first-order valence-corrected chi connectivity index (χ1v) is 7.24. The Kier molecular flexibility index (Phi) is 3.07. The van der Waals surface area contributed by atoms with E-state index >= 15 is 0 Å². The predicted octanol–water partition coefficient (Wildman–Crippen LogP) is 4.89. The molecule has 2 heteroatoms. The van der Waals surface area contributed by atoms with E-state index in [1.807, 2.05) is 18.2 Å². The Morgan fingerprint density at radius 3 is 2.63 bits per heavy atom. The number of halogens is 1. The second kappa shape index (κ2) is 4.50. The van der Waals surface area contributed by atoms with Crippen molar-refractivity contribution in [2.24, 2.45) is 5.41 Å². The average molecular weight is 275 g/mol. The fourth-order valence-electron chi connectivity index (χ4n) is 3.19. The fourth-order valence-corrected chi connectivity index (χ4v) is 3.47. The first-order chi connectivity index (χ1) is 8.98. The molecule has 1 aliphatic carbocycles. The number of aliphatic hydroxyl groups excluding tert-OH is 1. The number of aliphatic hydroxyl groups is 1. The molecule has 1 nitrogen and oxygen atoms in total. The maximum Gasteiger partial charge on any atom is 0.0798 e. The third-order valence-electron chi connectivity index (χ3n) is 4.30. The number of hydrogen-bond acceptors (Lipinski definition) is 1. The highest BCUT2D eigenvalue weighted by Gasteiger charge is 2.29. The molecule has 0 aromatic heterocycles. The van der Waals surface area contributed by atoms with Crippen molar-refractivity contribution in [1.82, 2.24) is 0 Å². The van der Waals surface area contributed by atoms with Crippen molar-refractivity contribution in [3.63, 3.8) is 0 Å². The van der Waals surface area contributed by atoms with Crippen molar-refractivity contribution in [3.8, 4) is 0 Å². The molecule has 1 atom stereocenters. The smallest absolute Gasteiger partial charge is 0.0798 e. The number of benzene rings is 2. The van der Waals surface area contributed by atoms with Crippen LogP contribution in [0, 0.1) is 5.41 Å². The Morgan fingerprint density at radius 1 is 1.21 bits per heavy atom. The molecular formula is C17H19ClO. The minimum absolute atomic E-state index is 0.173. The second-order valence-electron chi connectivity index (χ2n) is 6.36. The summed E-state index contributed by atoms with van der Waals surface area (Å²) in [7, 11) is 0. The molecule has 1 N–H and O–H groups in total. The monoisotopic (exact) mass is 274 g/mol. The molecule has 0 saturated heterocycles. The molecule has 0 aliphatic heterocycles. The Labute approximate surface area is 119 Å². The summed E-state index contributed by atoms with van der Waals surface area (Å²) in [6.45, 7) is 4.46. The molecule has 0 radical (unpaired) electrons. The molecular weight excluding hydrogens is 256 g/mol. The lowest BCUT2D eigenvalue weighted by Crippen LogP contribution is -2.13. The zero-order chi connectivity index (χ0) is 13.6. The Bertz CT molecular complexity index is 630. The van der Waals surface area contributed by atoms with Gasteiger partial charge in [0.25, 0.3) is 0 Å². The molecule has 1 aliphatic rings. The van der Waals surface area contributed by atoms with Crippen LogP contribution < -0.4 is 0 Å². The van der Waals surface area contributed by atoms with Gasteiger partial charge in [-0.2, -0.15) is 0 Å². The molecule has 2 aromatic rings. The van der Waals surface area contributed by atoms with Gasteiger partial charge in [-0.25, -0.2) is 0 Å². The van der Waals surface area contributed by atoms with Crippen LogP contribution in [-0.4, -0.2) is 5.11 Å². The van der Waals surface area contributed by atoms with E-state index in [0.29, 0.717) is 0 Å². The molecule has 1 unspecified atom stereocenters. The van der Waals surface area contributed by atoms with E-state index in [0.717, 1.165) is 35.2 Å². The van der Waals surface area contributed by atoms with E-state index in [9.17, 15) is 5.11 Å². The third-order valence-corrected chi connectivity index (χ3v) is 4.61. The molecule has 0 heterocycles. The molecule has 0 saturated carbocycles. The molecule has 100 valence electrons. The Balaban J connectivity index is 2.26. The first-order valence-electron chi connectivity index (χ1n) is 6.86. The van der Waals surface area contributed by atoms with Crippen LogP contribution in [0.2, 0.25) is 5.02 Å². The standard InChI is InChI=1S/C17H19ClO/c1-17(2)8-7-12-11-5-3-4-6-13(11)15(18)9-14(12)16(19)10-17/h3-6,9,16,19H,7-8,10H2,1-2H3. The zero-order valence-corrected chi connectivity index (χ0v) is 12.2. The van der Waals surface area contributed by atoms with E-state index in [-0.39, 0.29) is 5.41 Å². The van der Waals surface area contributed by atoms with Gasteiger partial charge < -0.3 is 5.11 Å². The highest BCUT2D eigenvalue weighted by atomic mass is 35.5. The highest BCUT2D eigenvalue weighted by molar-refractivity contribution is 6.35. The molecule has 19 heavy (non-hydrogen) atoms. The van der Waals surface area contributed by atoms with Gasteiger partial charge in [-0.1, -0.05) is 49.7 Å². The SMILES string of the molecule is CC1(C)CCc2c(cc(Cl)c3ccccc23)C(O)C1. The van der Waals surface area contributed by atoms with Gasteiger partial charge in [0.05, 0.1) is 6.10 Å². The van der Waals surface area contributed by atoms with E-state index in [1.54, 1.807) is 0 Å². The summed E-state index contributed by atoms with van der Waals surface area (Å²) >= 11 is 6.37. The van der Waals surface area contributed by atoms with Crippen LogP contribution in [0.4, 0.5) is 0 Å². The first kappa shape index (κ1) is 13.0. The Morgan fingerprint density at radius 2 is 1.89 bits per heavy atom. The maximum absolute atomic E-state index is 10.5. The van der Waals surface area contributed by atoms with Crippen molar-refractivity contribution in [3.05, 3.63) is 46.5 Å². The number of fused-ring (bicyclic) bond motifs is 3. The van der Waals surface area contributed by atoms with Crippen molar-refractivity contribution < 1.29 is 5.11 Å². The van der Waals surface area contributed by atoms with Crippen molar-refractivity contribution in [2.45, 2.75) is 39.2 Å². The topological polar surface area (TPSA) is 20.2 Å². The lowest BCUT2D eigenvalue weighted by molar-refractivity contribution is 0.116. The Hall–Kier alpha value is -1.05. The summed E-state index contributed by atoms with van der Waals surface area (Å²) in [6.07, 6.45) is 2.50. The van der Waals surface area contributed by atoms with Gasteiger partial charge in [0.15, 0.2) is 0 Å². The molecule has 0 spiro atoms. The van der Waals surface area contributed by atoms with Gasteiger partial charge >= 0.3 is 0 Å². The van der Waals surface area contributed by atoms with E-state index in [1.165, 1.54) is 10.9 Å². The minimum atomic E-state index is -0.408. The molecule has 2 aromatic carbocycles. The lowest BCUT2D eigenvalue weighted by Gasteiger charge is -2.24. The molecule has 0 bridgehead atoms. The summed E-state index contributed by atoms with van der Waals surface area (Å²) in [6, 6.07) is 10.2. The van der Waals surface area contributed by atoms with Gasteiger partial charge in [-0.05, 0) is 47.3 Å². The average Bonchev–Trinajstić information content (AvgIpc) is 2.47. The largest absolute Gasteiger partial charge is 0.388 e. The van der Waals surface area contributed by atoms with Crippen LogP contribution in [-0.2, 0) is 6.42 Å². The molecule has 0 fully saturated rings. The summed E-state index contributed by atoms with van der Waals surface area (Å²) in [5.74, 6) is 0. The molecule has 3 rings (SSSR count). The minimum Gasteiger partial charge on any atom is -0.388 e. The summed E-state index contributed by atoms with van der Waals surface area (Å²) < 4.78 is 0. The summed E-state index contributed by atoms with van der Waals surface area (Å²) in [5.41, 5.74) is 2.47. The van der Waals surface area contributed by atoms with Crippen molar-refractivity contribution in [1.29, 1.82) is 0 Å². The lowest BCUT2D eigenvalue weighted by atomic mass is 9.84. The van der Waals surface area contributed by atoms with Crippen LogP contribution in [0.1, 0.15) is 43.9 Å². The van der Waals surface area contributed by atoms with Crippen molar-refractivity contribution in [2.75, 3.05) is 0 Å². The van der Waals surface area contributed by atoms with Crippen LogP contribution in [0.5, 0.6) is 0 Å². The van der Waals surface area contributed by atoms with E-state index in [2.05, 4.69) is 26.0 Å². The summed E-state index contributed by atoms with van der Waals surface area (Å²) in [4.78, 5) is 0. The fraction of sp³-hybridized carbons (Fsp3) is 0.412. The van der Waals surface area contributed by atoms with Gasteiger partial charge in [0, 0.05) is 10.4 Å². The van der Waals surface area contributed by atoms with Crippen LogP contribution >= 0.6 is 11.6 Å². The van der Waals surface area contributed by atoms with Crippen LogP contribution in [0.3, 0.4) is 0 Å². The van der Waals surface area contributed by atoms with Gasteiger partial charge in [-0.3, -0.25) is 0 Å². The zero-order valence-electron chi connectivity index (χ0n) is 11.4. The highest BCUT2D eigenvalue weighted by Crippen LogP contribution is 2.43. The maximum atomic E-state index is 10.5. The normalized spacial score (nSPS) is 22.0. The van der Waals surface area contributed by atoms with E-state index < -0.39 is 6.10 Å². The van der Waals surface area contributed by atoms with Crippen LogP contribution in [0.25, 0.3) is 10.8 Å². The number of aryl methyl sites for hydroxylation is 1. The van der Waals surface area contributed by atoms with Crippen LogP contribution in [0.15, 0.2) is 30.3 Å². The predicted molar refractivity (Wildman–Crippen MR) is 80.6 cm³/mol. The van der Waals surface area contributed by atoms with E-state index in [4.69, 9.17) is 11.6 Å². The van der Waals surface area contributed by atoms with Gasteiger partial charge in [0.1, 0.15) is 0 Å². The van der Waals surface area contributed by atoms with Gasteiger partial charge in [0.2, 0.25) is 0 Å². The second-order valence-corrected chi connectivity index (χ2v) is 6.76. The number of rotatable bonds is 0. The van der Waals surface area contributed by atoms with Crippen molar-refractivity contribution >= 4 is 22.4 Å². The summed E-state index contributed by atoms with van der Waals surface area (Å²) in [5, 5.41) is 13.5. The molecule has 0 amide bonds. The quantitative estimate of drug-likeness (QED) is 0.678. The van der Waals surface area contributed by atoms with Gasteiger partial charge in [-0.15, -0.1) is 0 Å². The number of hydrogen-bond donors (Lipinski definition) is 1. The third kappa shape index (κ3) is 2.26.